The first-order valence-electron chi connectivity index (χ1n) is 8.72. The van der Waals surface area contributed by atoms with Crippen LogP contribution in [0.3, 0.4) is 0 Å². The zero-order chi connectivity index (χ0) is 20.4. The fraction of sp³-hybridized carbons (Fsp3) is 0.0952. The molecule has 4 aromatic rings. The minimum Gasteiger partial charge on any atom is -0.435 e. The van der Waals surface area contributed by atoms with Crippen LogP contribution >= 0.6 is 0 Å². The maximum atomic E-state index is 12.4. The summed E-state index contributed by atoms with van der Waals surface area (Å²) in [5.74, 6) is -0.0242. The van der Waals surface area contributed by atoms with Gasteiger partial charge in [0.1, 0.15) is 11.6 Å². The third-order valence-corrected chi connectivity index (χ3v) is 4.42. The Labute approximate surface area is 164 Å². The molecule has 0 spiro atoms. The molecule has 2 heterocycles. The summed E-state index contributed by atoms with van der Waals surface area (Å²) >= 11 is 0. The average molecular weight is 394 g/mol. The lowest BCUT2D eigenvalue weighted by Crippen LogP contribution is -2.13. The molecular weight excluding hydrogens is 378 g/mol. The number of pyridine rings is 1. The number of nitrogens with one attached hydrogen (secondary N) is 1. The van der Waals surface area contributed by atoms with Gasteiger partial charge in [0.15, 0.2) is 0 Å². The Morgan fingerprint density at radius 3 is 2.55 bits per heavy atom. The van der Waals surface area contributed by atoms with E-state index in [-0.39, 0.29) is 5.75 Å². The van der Waals surface area contributed by atoms with Crippen LogP contribution in [0.25, 0.3) is 22.0 Å². The number of ether oxygens (including phenoxy) is 1. The van der Waals surface area contributed by atoms with Gasteiger partial charge in [-0.05, 0) is 41.8 Å². The van der Waals surface area contributed by atoms with E-state index in [4.69, 9.17) is 0 Å². The Morgan fingerprint density at radius 2 is 1.86 bits per heavy atom. The molecule has 0 saturated heterocycles. The van der Waals surface area contributed by atoms with E-state index in [2.05, 4.69) is 20.0 Å². The molecule has 0 atom stereocenters. The van der Waals surface area contributed by atoms with Crippen molar-refractivity contribution in [1.82, 2.24) is 14.5 Å². The third-order valence-electron chi connectivity index (χ3n) is 4.42. The number of benzene rings is 2. The lowest BCUT2D eigenvalue weighted by molar-refractivity contribution is -0.0498. The third kappa shape index (κ3) is 4.06. The lowest BCUT2D eigenvalue weighted by atomic mass is 10.1. The number of aryl methyl sites for hydroxylation is 1. The number of rotatable bonds is 5. The van der Waals surface area contributed by atoms with Crippen LogP contribution in [-0.4, -0.2) is 27.1 Å². The highest BCUT2D eigenvalue weighted by Gasteiger charge is 2.10. The van der Waals surface area contributed by atoms with Gasteiger partial charge in [-0.3, -0.25) is 4.79 Å². The molecule has 0 bridgehead atoms. The highest BCUT2D eigenvalue weighted by molar-refractivity contribution is 6.04. The van der Waals surface area contributed by atoms with Crippen molar-refractivity contribution in [1.29, 1.82) is 0 Å². The summed E-state index contributed by atoms with van der Waals surface area (Å²) in [5, 5.41) is 4.56. The molecule has 0 radical (unpaired) electrons. The summed E-state index contributed by atoms with van der Waals surface area (Å²) in [6.07, 6.45) is 5.19. The van der Waals surface area contributed by atoms with E-state index < -0.39 is 12.5 Å². The van der Waals surface area contributed by atoms with Crippen LogP contribution in [-0.2, 0) is 7.05 Å². The lowest BCUT2D eigenvalue weighted by Gasteiger charge is -2.08. The summed E-state index contributed by atoms with van der Waals surface area (Å²) in [6, 6.07) is 13.2. The van der Waals surface area contributed by atoms with Crippen molar-refractivity contribution in [3.63, 3.8) is 0 Å². The van der Waals surface area contributed by atoms with E-state index in [9.17, 15) is 13.6 Å². The number of imidazole rings is 1. The van der Waals surface area contributed by atoms with E-state index in [1.807, 2.05) is 29.8 Å². The molecule has 4 rings (SSSR count). The molecular formula is C21H16F2N4O2. The maximum Gasteiger partial charge on any atom is 0.387 e. The first-order valence-corrected chi connectivity index (χ1v) is 8.72. The Morgan fingerprint density at radius 1 is 1.07 bits per heavy atom. The predicted octanol–water partition coefficient (Wildman–Crippen LogP) is 4.49. The van der Waals surface area contributed by atoms with Gasteiger partial charge in [-0.2, -0.15) is 8.78 Å². The smallest absolute Gasteiger partial charge is 0.387 e. The Hall–Kier alpha value is -3.81. The first kappa shape index (κ1) is 18.5. The van der Waals surface area contributed by atoms with Crippen LogP contribution in [0.5, 0.6) is 5.75 Å². The molecule has 0 fully saturated rings. The number of anilines is 1. The molecule has 29 heavy (non-hydrogen) atoms. The van der Waals surface area contributed by atoms with Crippen LogP contribution in [0.15, 0.2) is 67.3 Å². The molecule has 0 unspecified atom stereocenters. The van der Waals surface area contributed by atoms with Gasteiger partial charge in [0.25, 0.3) is 5.91 Å². The molecule has 1 amide bonds. The summed E-state index contributed by atoms with van der Waals surface area (Å²) in [5.41, 5.74) is 2.27. The SMILES string of the molecule is Cn1cncc1-c1ccc2cnc(NC(=O)c3ccc(OC(F)F)cc3)cc2c1. The molecule has 0 saturated carbocycles. The summed E-state index contributed by atoms with van der Waals surface area (Å²) < 4.78 is 30.6. The zero-order valence-electron chi connectivity index (χ0n) is 15.3. The van der Waals surface area contributed by atoms with Crippen molar-refractivity contribution >= 4 is 22.5 Å². The van der Waals surface area contributed by atoms with Crippen LogP contribution in [0.4, 0.5) is 14.6 Å². The van der Waals surface area contributed by atoms with Crippen LogP contribution in [0, 0.1) is 0 Å². The molecule has 2 aromatic heterocycles. The van der Waals surface area contributed by atoms with E-state index in [1.165, 1.54) is 24.3 Å². The molecule has 0 aliphatic carbocycles. The second kappa shape index (κ2) is 7.67. The highest BCUT2D eigenvalue weighted by Crippen LogP contribution is 2.25. The van der Waals surface area contributed by atoms with Gasteiger partial charge in [0, 0.05) is 29.8 Å². The summed E-state index contributed by atoms with van der Waals surface area (Å²) in [4.78, 5) is 20.8. The van der Waals surface area contributed by atoms with Crippen molar-refractivity contribution in [2.75, 3.05) is 5.32 Å². The molecule has 0 aliphatic rings. The number of hydrogen-bond donors (Lipinski definition) is 1. The topological polar surface area (TPSA) is 69.0 Å². The van der Waals surface area contributed by atoms with Gasteiger partial charge in [0.2, 0.25) is 0 Å². The monoisotopic (exact) mass is 394 g/mol. The van der Waals surface area contributed by atoms with Crippen molar-refractivity contribution in [2.45, 2.75) is 6.61 Å². The molecule has 8 heteroatoms. The Bertz CT molecular complexity index is 1170. The van der Waals surface area contributed by atoms with Gasteiger partial charge in [-0.15, -0.1) is 0 Å². The zero-order valence-corrected chi connectivity index (χ0v) is 15.3. The molecule has 146 valence electrons. The van der Waals surface area contributed by atoms with Gasteiger partial charge in [-0.1, -0.05) is 12.1 Å². The number of carbonyl (C=O) groups is 1. The number of nitrogens with zero attached hydrogens (tertiary/aromatic N) is 3. The molecule has 1 N–H and O–H groups in total. The fourth-order valence-electron chi connectivity index (χ4n) is 2.98. The summed E-state index contributed by atoms with van der Waals surface area (Å²) in [7, 11) is 1.92. The van der Waals surface area contributed by atoms with Gasteiger partial charge >= 0.3 is 6.61 Å². The number of carbonyl (C=O) groups excluding carboxylic acids is 1. The molecule has 0 aliphatic heterocycles. The minimum absolute atomic E-state index is 0.0110. The highest BCUT2D eigenvalue weighted by atomic mass is 19.3. The first-order chi connectivity index (χ1) is 14.0. The van der Waals surface area contributed by atoms with E-state index >= 15 is 0 Å². The van der Waals surface area contributed by atoms with Crippen molar-refractivity contribution in [3.05, 3.63) is 72.8 Å². The number of alkyl halides is 2. The standard InChI is InChI=1S/C21H16F2N4O2/c1-27-12-24-11-18(27)14-2-3-15-10-25-19(9-16(15)8-14)26-20(28)13-4-6-17(7-5-13)29-21(22)23/h2-12,21H,1H3,(H,25,26,28). The normalized spacial score (nSPS) is 11.0. The maximum absolute atomic E-state index is 12.4. The predicted molar refractivity (Wildman–Crippen MR) is 105 cm³/mol. The number of hydrogen-bond acceptors (Lipinski definition) is 4. The molecule has 6 nitrogen and oxygen atoms in total. The second-order valence-electron chi connectivity index (χ2n) is 6.38. The van der Waals surface area contributed by atoms with E-state index in [0.29, 0.717) is 11.4 Å². The Balaban J connectivity index is 1.56. The van der Waals surface area contributed by atoms with Crippen LogP contribution in [0.1, 0.15) is 10.4 Å². The average Bonchev–Trinajstić information content (AvgIpc) is 3.13. The largest absolute Gasteiger partial charge is 0.435 e. The van der Waals surface area contributed by atoms with Crippen LogP contribution < -0.4 is 10.1 Å². The van der Waals surface area contributed by atoms with Gasteiger partial charge < -0.3 is 14.6 Å². The van der Waals surface area contributed by atoms with E-state index in [1.54, 1.807) is 24.8 Å². The van der Waals surface area contributed by atoms with Gasteiger partial charge in [-0.25, -0.2) is 9.97 Å². The van der Waals surface area contributed by atoms with Crippen molar-refractivity contribution < 1.29 is 18.3 Å². The van der Waals surface area contributed by atoms with E-state index in [0.717, 1.165) is 22.0 Å². The quantitative estimate of drug-likeness (QED) is 0.542. The fourth-order valence-corrected chi connectivity index (χ4v) is 2.98. The second-order valence-corrected chi connectivity index (χ2v) is 6.38. The van der Waals surface area contributed by atoms with Crippen molar-refractivity contribution in [3.8, 4) is 17.0 Å². The minimum atomic E-state index is -2.91. The number of fused-ring (bicyclic) bond motifs is 1. The number of amides is 1. The number of aromatic nitrogens is 3. The Kier molecular flexibility index (Phi) is 4.90. The molecule has 2 aromatic carbocycles. The van der Waals surface area contributed by atoms with Crippen molar-refractivity contribution in [2.24, 2.45) is 7.05 Å². The van der Waals surface area contributed by atoms with Gasteiger partial charge in [0.05, 0.1) is 18.2 Å². The van der Waals surface area contributed by atoms with Crippen LogP contribution in [0.2, 0.25) is 0 Å². The number of halogens is 2. The summed E-state index contributed by atoms with van der Waals surface area (Å²) in [6.45, 7) is -2.91.